The zero-order valence-corrected chi connectivity index (χ0v) is 8.07. The normalized spacial score (nSPS) is 11.8. The molecule has 0 aliphatic rings. The summed E-state index contributed by atoms with van der Waals surface area (Å²) < 4.78 is 5.19. The average molecular weight is 198 g/mol. The van der Waals surface area contributed by atoms with E-state index in [9.17, 15) is 14.7 Å². The van der Waals surface area contributed by atoms with Gasteiger partial charge in [0.15, 0.2) is 0 Å². The predicted molar refractivity (Wildman–Crippen MR) is 50.0 cm³/mol. The number of aromatic hydroxyl groups is 1. The molecule has 0 atom stereocenters. The highest BCUT2D eigenvalue weighted by atomic mass is 16.5. The van der Waals surface area contributed by atoms with E-state index in [1.54, 1.807) is 0 Å². The maximum absolute atomic E-state index is 11.5. The molecule has 1 rings (SSSR count). The fourth-order valence-electron chi connectivity index (χ4n) is 0.966. The minimum absolute atomic E-state index is 0.0883. The highest BCUT2D eigenvalue weighted by Gasteiger charge is 2.15. The largest absolute Gasteiger partial charge is 0.480 e. The Morgan fingerprint density at radius 2 is 2.07 bits per heavy atom. The Morgan fingerprint density at radius 3 is 2.57 bits per heavy atom. The zero-order chi connectivity index (χ0) is 10.9. The van der Waals surface area contributed by atoms with Crippen LogP contribution >= 0.6 is 0 Å². The Morgan fingerprint density at radius 1 is 1.50 bits per heavy atom. The summed E-state index contributed by atoms with van der Waals surface area (Å²) >= 11 is 0. The van der Waals surface area contributed by atoms with Crippen molar-refractivity contribution in [2.45, 2.75) is 6.92 Å². The molecule has 0 aliphatic heterocycles. The number of rotatable bonds is 1. The predicted octanol–water partition coefficient (Wildman–Crippen LogP) is -0.517. The second-order valence-electron chi connectivity index (χ2n) is 2.72. The van der Waals surface area contributed by atoms with Crippen LogP contribution in [0.1, 0.15) is 12.5 Å². The Labute approximate surface area is 79.1 Å². The first-order chi connectivity index (χ1) is 6.49. The Hall–Kier alpha value is -1.85. The molecule has 0 saturated heterocycles. The van der Waals surface area contributed by atoms with Crippen molar-refractivity contribution in [1.82, 2.24) is 4.57 Å². The average Bonchev–Trinajstić information content (AvgIpc) is 2.14. The van der Waals surface area contributed by atoms with E-state index in [1.807, 2.05) is 0 Å². The van der Waals surface area contributed by atoms with Gasteiger partial charge in [0, 0.05) is 14.1 Å². The van der Waals surface area contributed by atoms with Crippen LogP contribution in [-0.4, -0.2) is 22.4 Å². The molecule has 0 unspecified atom stereocenters. The Kier molecular flexibility index (Phi) is 2.55. The molecule has 0 spiro atoms. The van der Waals surface area contributed by atoms with E-state index in [4.69, 9.17) is 0 Å². The van der Waals surface area contributed by atoms with Gasteiger partial charge in [-0.05, 0) is 6.92 Å². The summed E-state index contributed by atoms with van der Waals surface area (Å²) in [7, 11) is 2.74. The molecule has 0 saturated carbocycles. The number of aromatic nitrogens is 1. The molecule has 0 aliphatic carbocycles. The van der Waals surface area contributed by atoms with E-state index in [1.165, 1.54) is 21.0 Å². The fourth-order valence-corrected chi connectivity index (χ4v) is 0.966. The third-order valence-corrected chi connectivity index (χ3v) is 1.89. The smallest absolute Gasteiger partial charge is 0.424 e. The second kappa shape index (κ2) is 3.49. The van der Waals surface area contributed by atoms with E-state index in [0.29, 0.717) is 5.71 Å². The minimum Gasteiger partial charge on any atom is -0.480 e. The van der Waals surface area contributed by atoms with Gasteiger partial charge in [0.25, 0.3) is 5.56 Å². The monoisotopic (exact) mass is 198 g/mol. The molecule has 14 heavy (non-hydrogen) atoms. The number of hydrogen-bond acceptors (Lipinski definition) is 5. The molecule has 6 heteroatoms. The summed E-state index contributed by atoms with van der Waals surface area (Å²) in [6, 6.07) is 0. The summed E-state index contributed by atoms with van der Waals surface area (Å²) in [5.74, 6) is -1.60. The standard InChI is InChI=1S/C8H10N2O4/c1-4(9-2)5-6(11)10(3)8(13)14-7(5)12/h12H,1-3H3. The molecule has 1 aromatic rings. The van der Waals surface area contributed by atoms with Crippen molar-refractivity contribution >= 4 is 5.71 Å². The molecular weight excluding hydrogens is 188 g/mol. The van der Waals surface area contributed by atoms with Crippen molar-refractivity contribution in [3.05, 3.63) is 26.5 Å². The van der Waals surface area contributed by atoms with Gasteiger partial charge in [0.1, 0.15) is 5.56 Å². The van der Waals surface area contributed by atoms with Crippen LogP contribution in [0.4, 0.5) is 0 Å². The molecule has 0 fully saturated rings. The molecule has 1 N–H and O–H groups in total. The van der Waals surface area contributed by atoms with Crippen LogP contribution in [0.2, 0.25) is 0 Å². The van der Waals surface area contributed by atoms with Gasteiger partial charge < -0.3 is 9.52 Å². The van der Waals surface area contributed by atoms with Gasteiger partial charge in [-0.15, -0.1) is 0 Å². The number of nitrogens with zero attached hydrogens (tertiary/aromatic N) is 2. The lowest BCUT2D eigenvalue weighted by atomic mass is 10.2. The molecule has 0 amide bonds. The van der Waals surface area contributed by atoms with Crippen LogP contribution in [-0.2, 0) is 7.05 Å². The lowest BCUT2D eigenvalue weighted by Gasteiger charge is -2.02. The van der Waals surface area contributed by atoms with Crippen LogP contribution in [0.5, 0.6) is 5.95 Å². The quantitative estimate of drug-likeness (QED) is 0.615. The lowest BCUT2D eigenvalue weighted by molar-refractivity contribution is 0.286. The van der Waals surface area contributed by atoms with Crippen molar-refractivity contribution in [3.63, 3.8) is 0 Å². The second-order valence-corrected chi connectivity index (χ2v) is 2.72. The molecular formula is C8H10N2O4. The van der Waals surface area contributed by atoms with E-state index in [-0.39, 0.29) is 5.56 Å². The van der Waals surface area contributed by atoms with Gasteiger partial charge in [0.05, 0.1) is 5.71 Å². The number of aliphatic imine (C=N–C) groups is 1. The van der Waals surface area contributed by atoms with E-state index < -0.39 is 17.3 Å². The van der Waals surface area contributed by atoms with Gasteiger partial charge in [-0.1, -0.05) is 0 Å². The maximum atomic E-state index is 11.5. The summed E-state index contributed by atoms with van der Waals surface area (Å²) in [5.41, 5.74) is -0.400. The first kappa shape index (κ1) is 10.2. The van der Waals surface area contributed by atoms with Crippen molar-refractivity contribution in [3.8, 4) is 5.95 Å². The van der Waals surface area contributed by atoms with E-state index in [2.05, 4.69) is 9.41 Å². The van der Waals surface area contributed by atoms with Crippen LogP contribution < -0.4 is 11.3 Å². The van der Waals surface area contributed by atoms with E-state index in [0.717, 1.165) is 4.57 Å². The summed E-state index contributed by atoms with van der Waals surface area (Å²) in [6.45, 7) is 1.54. The maximum Gasteiger partial charge on any atom is 0.424 e. The van der Waals surface area contributed by atoms with Crippen molar-refractivity contribution in [2.24, 2.45) is 12.0 Å². The molecule has 76 valence electrons. The van der Waals surface area contributed by atoms with Crippen molar-refractivity contribution < 1.29 is 9.52 Å². The summed E-state index contributed by atoms with van der Waals surface area (Å²) in [4.78, 5) is 26.1. The first-order valence-electron chi connectivity index (χ1n) is 3.86. The van der Waals surface area contributed by atoms with Crippen LogP contribution in [0, 0.1) is 0 Å². The molecule has 0 radical (unpaired) electrons. The van der Waals surface area contributed by atoms with Crippen LogP contribution in [0.15, 0.2) is 19.0 Å². The topological polar surface area (TPSA) is 84.8 Å². The van der Waals surface area contributed by atoms with Gasteiger partial charge in [-0.25, -0.2) is 9.36 Å². The van der Waals surface area contributed by atoms with Crippen molar-refractivity contribution in [1.29, 1.82) is 0 Å². The molecule has 1 heterocycles. The zero-order valence-electron chi connectivity index (χ0n) is 8.07. The summed E-state index contributed by atoms with van der Waals surface area (Å²) in [5, 5.41) is 9.24. The molecule has 1 aromatic heterocycles. The van der Waals surface area contributed by atoms with Crippen LogP contribution in [0.3, 0.4) is 0 Å². The van der Waals surface area contributed by atoms with Gasteiger partial charge in [0.2, 0.25) is 0 Å². The third kappa shape index (κ3) is 1.46. The highest BCUT2D eigenvalue weighted by molar-refractivity contribution is 5.99. The highest BCUT2D eigenvalue weighted by Crippen LogP contribution is 2.09. The van der Waals surface area contributed by atoms with Gasteiger partial charge >= 0.3 is 11.7 Å². The molecule has 0 bridgehead atoms. The van der Waals surface area contributed by atoms with Crippen LogP contribution in [0.25, 0.3) is 0 Å². The molecule has 6 nitrogen and oxygen atoms in total. The fraction of sp³-hybridized carbons (Fsp3) is 0.375. The SMILES string of the molecule is CN=C(C)c1c(O)oc(=O)n(C)c1=O. The minimum atomic E-state index is -0.903. The molecule has 0 aromatic carbocycles. The van der Waals surface area contributed by atoms with E-state index >= 15 is 0 Å². The summed E-state index contributed by atoms with van der Waals surface area (Å²) in [6.07, 6.45) is 0. The third-order valence-electron chi connectivity index (χ3n) is 1.89. The number of hydrogen-bond donors (Lipinski definition) is 1. The Balaban J connectivity index is 3.70. The van der Waals surface area contributed by atoms with Crippen molar-refractivity contribution in [2.75, 3.05) is 7.05 Å². The van der Waals surface area contributed by atoms with Gasteiger partial charge in [-0.2, -0.15) is 0 Å². The Bertz CT molecular complexity index is 495. The lowest BCUT2D eigenvalue weighted by Crippen LogP contribution is -2.33. The first-order valence-corrected chi connectivity index (χ1v) is 3.86. The van der Waals surface area contributed by atoms with Gasteiger partial charge in [-0.3, -0.25) is 9.79 Å².